The minimum Gasteiger partial charge on any atom is -0.481 e. The van der Waals surface area contributed by atoms with E-state index in [9.17, 15) is 14.7 Å². The molecule has 0 aliphatic heterocycles. The Morgan fingerprint density at radius 2 is 1.74 bits per heavy atom. The lowest BCUT2D eigenvalue weighted by Crippen LogP contribution is -2.37. The highest BCUT2D eigenvalue weighted by atomic mass is 16.4. The lowest BCUT2D eigenvalue weighted by atomic mass is 9.71. The Balaban J connectivity index is 2.01. The van der Waals surface area contributed by atoms with Crippen molar-refractivity contribution in [3.05, 3.63) is 30.3 Å². The number of carboxylic acids is 1. The maximum absolute atomic E-state index is 12.0. The van der Waals surface area contributed by atoms with E-state index in [1.54, 1.807) is 12.1 Å². The van der Waals surface area contributed by atoms with E-state index >= 15 is 0 Å². The average Bonchev–Trinajstić information content (AvgIpc) is 2.40. The van der Waals surface area contributed by atoms with Gasteiger partial charge in [-0.15, -0.1) is 0 Å². The number of rotatable bonds is 4. The summed E-state index contributed by atoms with van der Waals surface area (Å²) in [5.74, 6) is -1.05. The van der Waals surface area contributed by atoms with E-state index < -0.39 is 11.4 Å². The molecule has 102 valence electrons. The average molecular weight is 261 g/mol. The van der Waals surface area contributed by atoms with Crippen LogP contribution in [0.1, 0.15) is 38.5 Å². The summed E-state index contributed by atoms with van der Waals surface area (Å²) in [6.45, 7) is 0. The third-order valence-corrected chi connectivity index (χ3v) is 3.82. The number of benzene rings is 1. The molecular weight excluding hydrogens is 242 g/mol. The Morgan fingerprint density at radius 3 is 2.32 bits per heavy atom. The van der Waals surface area contributed by atoms with Crippen molar-refractivity contribution in [1.29, 1.82) is 0 Å². The van der Waals surface area contributed by atoms with Crippen molar-refractivity contribution >= 4 is 17.6 Å². The molecule has 1 aromatic rings. The fourth-order valence-corrected chi connectivity index (χ4v) is 2.73. The summed E-state index contributed by atoms with van der Waals surface area (Å²) in [5.41, 5.74) is -0.152. The largest absolute Gasteiger partial charge is 0.481 e. The molecule has 0 spiro atoms. The lowest BCUT2D eigenvalue weighted by Gasteiger charge is -2.32. The summed E-state index contributed by atoms with van der Waals surface area (Å²) < 4.78 is 0. The van der Waals surface area contributed by atoms with Crippen LogP contribution in [-0.2, 0) is 9.59 Å². The molecule has 0 radical (unpaired) electrons. The number of aliphatic carboxylic acids is 1. The highest BCUT2D eigenvalue weighted by Crippen LogP contribution is 2.39. The van der Waals surface area contributed by atoms with Crippen LogP contribution in [-0.4, -0.2) is 17.0 Å². The Bertz CT molecular complexity index is 450. The first-order chi connectivity index (χ1) is 9.12. The topological polar surface area (TPSA) is 66.4 Å². The molecule has 0 atom stereocenters. The van der Waals surface area contributed by atoms with Crippen LogP contribution in [0.15, 0.2) is 30.3 Å². The number of carbonyl (C=O) groups is 2. The molecule has 0 bridgehead atoms. The van der Waals surface area contributed by atoms with Gasteiger partial charge in [-0.2, -0.15) is 0 Å². The molecule has 0 heterocycles. The van der Waals surface area contributed by atoms with Gasteiger partial charge in [-0.05, 0) is 25.0 Å². The quantitative estimate of drug-likeness (QED) is 0.875. The number of anilines is 1. The zero-order chi connectivity index (χ0) is 13.7. The van der Waals surface area contributed by atoms with Gasteiger partial charge in [0.2, 0.25) is 5.91 Å². The van der Waals surface area contributed by atoms with E-state index in [1.807, 2.05) is 18.2 Å². The van der Waals surface area contributed by atoms with Crippen molar-refractivity contribution in [2.24, 2.45) is 5.41 Å². The zero-order valence-corrected chi connectivity index (χ0v) is 10.9. The second kappa shape index (κ2) is 5.87. The maximum atomic E-state index is 12.0. The predicted octanol–water partition coefficient (Wildman–Crippen LogP) is 3.05. The van der Waals surface area contributed by atoms with Crippen LogP contribution in [0.4, 0.5) is 5.69 Å². The summed E-state index contributed by atoms with van der Waals surface area (Å²) >= 11 is 0. The van der Waals surface area contributed by atoms with Crippen molar-refractivity contribution in [2.75, 3.05) is 5.32 Å². The molecule has 19 heavy (non-hydrogen) atoms. The highest BCUT2D eigenvalue weighted by Gasteiger charge is 2.41. The second-order valence-corrected chi connectivity index (χ2v) is 5.24. The van der Waals surface area contributed by atoms with Gasteiger partial charge in [0.05, 0.1) is 5.41 Å². The summed E-state index contributed by atoms with van der Waals surface area (Å²) in [5, 5.41) is 12.2. The summed E-state index contributed by atoms with van der Waals surface area (Å²) in [6, 6.07) is 9.14. The SMILES string of the molecule is O=C(CC1(C(=O)O)CCCCC1)Nc1ccccc1. The minimum absolute atomic E-state index is 0.0667. The van der Waals surface area contributed by atoms with E-state index in [-0.39, 0.29) is 12.3 Å². The molecule has 4 nitrogen and oxygen atoms in total. The van der Waals surface area contributed by atoms with Gasteiger partial charge in [0.25, 0.3) is 0 Å². The first-order valence-corrected chi connectivity index (χ1v) is 6.71. The van der Waals surface area contributed by atoms with Crippen LogP contribution < -0.4 is 5.32 Å². The van der Waals surface area contributed by atoms with Crippen molar-refractivity contribution in [1.82, 2.24) is 0 Å². The summed E-state index contributed by atoms with van der Waals surface area (Å²) in [7, 11) is 0. The third-order valence-electron chi connectivity index (χ3n) is 3.82. The Labute approximate surface area is 112 Å². The molecule has 1 aliphatic carbocycles. The van der Waals surface area contributed by atoms with Crippen LogP contribution in [0, 0.1) is 5.41 Å². The van der Waals surface area contributed by atoms with Gasteiger partial charge in [-0.25, -0.2) is 0 Å². The number of hydrogen-bond donors (Lipinski definition) is 2. The van der Waals surface area contributed by atoms with Crippen LogP contribution in [0.5, 0.6) is 0 Å². The normalized spacial score (nSPS) is 17.7. The molecule has 0 saturated heterocycles. The fraction of sp³-hybridized carbons (Fsp3) is 0.467. The molecular formula is C15H19NO3. The standard InChI is InChI=1S/C15H19NO3/c17-13(16-12-7-3-1-4-8-12)11-15(14(18)19)9-5-2-6-10-15/h1,3-4,7-8H,2,5-6,9-11H2,(H,16,17)(H,18,19). The van der Waals surface area contributed by atoms with E-state index in [4.69, 9.17) is 0 Å². The molecule has 1 amide bonds. The van der Waals surface area contributed by atoms with Gasteiger partial charge in [-0.1, -0.05) is 37.5 Å². The first-order valence-electron chi connectivity index (χ1n) is 6.71. The number of amides is 1. The van der Waals surface area contributed by atoms with Crippen molar-refractivity contribution in [3.8, 4) is 0 Å². The first kappa shape index (κ1) is 13.6. The predicted molar refractivity (Wildman–Crippen MR) is 72.8 cm³/mol. The Kier molecular flexibility index (Phi) is 4.20. The Morgan fingerprint density at radius 1 is 1.11 bits per heavy atom. The van der Waals surface area contributed by atoms with Crippen LogP contribution in [0.25, 0.3) is 0 Å². The van der Waals surface area contributed by atoms with Gasteiger partial charge >= 0.3 is 5.97 Å². The zero-order valence-electron chi connectivity index (χ0n) is 10.9. The molecule has 1 fully saturated rings. The molecule has 1 aromatic carbocycles. The van der Waals surface area contributed by atoms with Crippen LogP contribution in [0.3, 0.4) is 0 Å². The minimum atomic E-state index is -0.864. The second-order valence-electron chi connectivity index (χ2n) is 5.24. The maximum Gasteiger partial charge on any atom is 0.310 e. The molecule has 1 saturated carbocycles. The smallest absolute Gasteiger partial charge is 0.310 e. The molecule has 2 N–H and O–H groups in total. The van der Waals surface area contributed by atoms with Crippen molar-refractivity contribution in [2.45, 2.75) is 38.5 Å². The number of carbonyl (C=O) groups excluding carboxylic acids is 1. The van der Waals surface area contributed by atoms with Crippen LogP contribution >= 0.6 is 0 Å². The van der Waals surface area contributed by atoms with Gasteiger partial charge in [0.15, 0.2) is 0 Å². The Hall–Kier alpha value is -1.84. The number of para-hydroxylation sites is 1. The van der Waals surface area contributed by atoms with E-state index in [1.165, 1.54) is 0 Å². The van der Waals surface area contributed by atoms with Gasteiger partial charge in [0.1, 0.15) is 0 Å². The number of carboxylic acid groups (broad SMARTS) is 1. The molecule has 0 aromatic heterocycles. The molecule has 2 rings (SSSR count). The molecule has 4 heteroatoms. The van der Waals surface area contributed by atoms with Crippen molar-refractivity contribution in [3.63, 3.8) is 0 Å². The van der Waals surface area contributed by atoms with E-state index in [0.29, 0.717) is 18.5 Å². The van der Waals surface area contributed by atoms with Crippen LogP contribution in [0.2, 0.25) is 0 Å². The van der Waals surface area contributed by atoms with E-state index in [0.717, 1.165) is 19.3 Å². The van der Waals surface area contributed by atoms with Crippen molar-refractivity contribution < 1.29 is 14.7 Å². The van der Waals surface area contributed by atoms with Gasteiger partial charge in [0, 0.05) is 12.1 Å². The lowest BCUT2D eigenvalue weighted by molar-refractivity contribution is -0.153. The van der Waals surface area contributed by atoms with Gasteiger partial charge in [-0.3, -0.25) is 9.59 Å². The van der Waals surface area contributed by atoms with Gasteiger partial charge < -0.3 is 10.4 Å². The monoisotopic (exact) mass is 261 g/mol. The fourth-order valence-electron chi connectivity index (χ4n) is 2.73. The molecule has 1 aliphatic rings. The summed E-state index contributed by atoms with van der Waals surface area (Å²) in [6.07, 6.45) is 4.12. The number of nitrogens with one attached hydrogen (secondary N) is 1. The highest BCUT2D eigenvalue weighted by molar-refractivity contribution is 5.94. The third kappa shape index (κ3) is 3.34. The summed E-state index contributed by atoms with van der Waals surface area (Å²) in [4.78, 5) is 23.5. The number of hydrogen-bond acceptors (Lipinski definition) is 2. The van der Waals surface area contributed by atoms with E-state index in [2.05, 4.69) is 5.32 Å². The molecule has 0 unspecified atom stereocenters.